The average Bonchev–Trinajstić information content (AvgIpc) is 2.14. The van der Waals surface area contributed by atoms with E-state index in [9.17, 15) is 4.79 Å². The summed E-state index contributed by atoms with van der Waals surface area (Å²) < 4.78 is 0. The van der Waals surface area contributed by atoms with Crippen LogP contribution >= 0.6 is 24.0 Å². The van der Waals surface area contributed by atoms with Gasteiger partial charge in [0.25, 0.3) is 0 Å². The topological polar surface area (TPSA) is 55.1 Å². The smallest absolute Gasteiger partial charge is 0.234 e. The quantitative estimate of drug-likeness (QED) is 0.804. The Kier molecular flexibility index (Phi) is 5.44. The van der Waals surface area contributed by atoms with E-state index >= 15 is 0 Å². The number of anilines is 1. The van der Waals surface area contributed by atoms with Gasteiger partial charge in [-0.2, -0.15) is 0 Å². The summed E-state index contributed by atoms with van der Waals surface area (Å²) in [5, 5.41) is 2.85. The van der Waals surface area contributed by atoms with Crippen molar-refractivity contribution >= 4 is 40.6 Å². The normalized spacial score (nSPS) is 10.0. The van der Waals surface area contributed by atoms with E-state index in [2.05, 4.69) is 11.4 Å². The third kappa shape index (κ3) is 5.70. The first-order valence-corrected chi connectivity index (χ1v) is 6.78. The average molecular weight is 268 g/mol. The van der Waals surface area contributed by atoms with Crippen molar-refractivity contribution in [2.45, 2.75) is 13.8 Å². The molecule has 1 aromatic carbocycles. The molecule has 17 heavy (non-hydrogen) atoms. The summed E-state index contributed by atoms with van der Waals surface area (Å²) in [5.74, 6) is 0.871. The van der Waals surface area contributed by atoms with Crippen molar-refractivity contribution in [3.05, 3.63) is 29.3 Å². The van der Waals surface area contributed by atoms with E-state index in [1.54, 1.807) is 0 Å². The molecule has 1 amide bonds. The molecule has 0 spiro atoms. The van der Waals surface area contributed by atoms with Crippen LogP contribution in [-0.4, -0.2) is 22.4 Å². The van der Waals surface area contributed by atoms with E-state index in [-0.39, 0.29) is 5.91 Å². The summed E-state index contributed by atoms with van der Waals surface area (Å²) in [7, 11) is 0. The van der Waals surface area contributed by atoms with Crippen molar-refractivity contribution in [2.75, 3.05) is 16.8 Å². The largest absolute Gasteiger partial charge is 0.393 e. The molecular formula is C12H16N2OS2. The Labute approximate surface area is 111 Å². The minimum absolute atomic E-state index is 0.0312. The van der Waals surface area contributed by atoms with Crippen LogP contribution in [0.1, 0.15) is 11.1 Å². The summed E-state index contributed by atoms with van der Waals surface area (Å²) >= 11 is 6.16. The summed E-state index contributed by atoms with van der Waals surface area (Å²) in [6.07, 6.45) is 0. The maximum Gasteiger partial charge on any atom is 0.234 e. The Morgan fingerprint density at radius 1 is 1.29 bits per heavy atom. The van der Waals surface area contributed by atoms with Crippen LogP contribution in [0, 0.1) is 13.8 Å². The van der Waals surface area contributed by atoms with Crippen molar-refractivity contribution < 1.29 is 4.79 Å². The van der Waals surface area contributed by atoms with Crippen LogP contribution in [0.5, 0.6) is 0 Å². The number of carbonyl (C=O) groups is 1. The molecule has 1 rings (SSSR count). The van der Waals surface area contributed by atoms with Gasteiger partial charge >= 0.3 is 0 Å². The molecule has 0 aromatic heterocycles. The molecule has 0 radical (unpaired) electrons. The molecule has 0 aliphatic rings. The van der Waals surface area contributed by atoms with Gasteiger partial charge < -0.3 is 11.1 Å². The van der Waals surface area contributed by atoms with Crippen molar-refractivity contribution in [1.82, 2.24) is 0 Å². The SMILES string of the molecule is Cc1cc(C)cc(NC(=O)CSCC(N)=S)c1. The molecule has 5 heteroatoms. The standard InChI is InChI=1S/C12H16N2OS2/c1-8-3-9(2)5-10(4-8)14-12(15)7-17-6-11(13)16/h3-5H,6-7H2,1-2H3,(H2,13,16)(H,14,15). The van der Waals surface area contributed by atoms with E-state index in [1.165, 1.54) is 11.8 Å². The Balaban J connectivity index is 2.47. The van der Waals surface area contributed by atoms with Gasteiger partial charge in [0.1, 0.15) is 0 Å². The lowest BCUT2D eigenvalue weighted by Crippen LogP contribution is -2.17. The zero-order chi connectivity index (χ0) is 12.8. The zero-order valence-corrected chi connectivity index (χ0v) is 11.6. The van der Waals surface area contributed by atoms with Crippen LogP contribution in [0.4, 0.5) is 5.69 Å². The van der Waals surface area contributed by atoms with Crippen LogP contribution in [0.2, 0.25) is 0 Å². The number of amides is 1. The minimum Gasteiger partial charge on any atom is -0.393 e. The number of rotatable bonds is 5. The van der Waals surface area contributed by atoms with Crippen molar-refractivity contribution in [3.63, 3.8) is 0 Å². The lowest BCUT2D eigenvalue weighted by atomic mass is 10.1. The van der Waals surface area contributed by atoms with Crippen LogP contribution in [0.25, 0.3) is 0 Å². The number of nitrogens with one attached hydrogen (secondary N) is 1. The van der Waals surface area contributed by atoms with E-state index in [4.69, 9.17) is 18.0 Å². The van der Waals surface area contributed by atoms with E-state index in [0.717, 1.165) is 16.8 Å². The molecule has 0 saturated carbocycles. The second kappa shape index (κ2) is 6.61. The fourth-order valence-electron chi connectivity index (χ4n) is 1.49. The highest BCUT2D eigenvalue weighted by Gasteiger charge is 2.03. The van der Waals surface area contributed by atoms with Gasteiger partial charge in [-0.15, -0.1) is 11.8 Å². The van der Waals surface area contributed by atoms with E-state index in [1.807, 2.05) is 26.0 Å². The van der Waals surface area contributed by atoms with Gasteiger partial charge in [-0.3, -0.25) is 4.79 Å². The highest BCUT2D eigenvalue weighted by Crippen LogP contribution is 2.14. The third-order valence-corrected chi connectivity index (χ3v) is 3.29. The molecule has 0 fully saturated rings. The number of hydrogen-bond acceptors (Lipinski definition) is 3. The van der Waals surface area contributed by atoms with E-state index < -0.39 is 0 Å². The van der Waals surface area contributed by atoms with Gasteiger partial charge in [-0.1, -0.05) is 18.3 Å². The first-order valence-electron chi connectivity index (χ1n) is 5.21. The first-order chi connectivity index (χ1) is 7.97. The zero-order valence-electron chi connectivity index (χ0n) is 9.95. The highest BCUT2D eigenvalue weighted by atomic mass is 32.2. The molecule has 0 aliphatic heterocycles. The third-order valence-electron chi connectivity index (χ3n) is 1.98. The first kappa shape index (κ1) is 14.0. The van der Waals surface area contributed by atoms with Crippen LogP contribution < -0.4 is 11.1 Å². The highest BCUT2D eigenvalue weighted by molar-refractivity contribution is 8.01. The Morgan fingerprint density at radius 2 is 1.88 bits per heavy atom. The van der Waals surface area contributed by atoms with Crippen molar-refractivity contribution in [2.24, 2.45) is 5.73 Å². The van der Waals surface area contributed by atoms with Gasteiger partial charge in [0.05, 0.1) is 10.7 Å². The maximum absolute atomic E-state index is 11.6. The number of hydrogen-bond donors (Lipinski definition) is 2. The van der Waals surface area contributed by atoms with Crippen LogP contribution in [-0.2, 0) is 4.79 Å². The maximum atomic E-state index is 11.6. The van der Waals surface area contributed by atoms with Gasteiger partial charge in [0, 0.05) is 11.4 Å². The Morgan fingerprint density at radius 3 is 2.41 bits per heavy atom. The van der Waals surface area contributed by atoms with Crippen LogP contribution in [0.15, 0.2) is 18.2 Å². The van der Waals surface area contributed by atoms with Crippen LogP contribution in [0.3, 0.4) is 0 Å². The van der Waals surface area contributed by atoms with Gasteiger partial charge in [0.2, 0.25) is 5.91 Å². The van der Waals surface area contributed by atoms with Gasteiger partial charge in [-0.05, 0) is 37.1 Å². The molecule has 3 N–H and O–H groups in total. The Hall–Kier alpha value is -1.07. The number of benzene rings is 1. The molecule has 0 saturated heterocycles. The number of carbonyl (C=O) groups excluding carboxylic acids is 1. The molecule has 92 valence electrons. The molecule has 0 atom stereocenters. The molecule has 0 unspecified atom stereocenters. The van der Waals surface area contributed by atoms with Gasteiger partial charge in [-0.25, -0.2) is 0 Å². The van der Waals surface area contributed by atoms with Crippen molar-refractivity contribution in [1.29, 1.82) is 0 Å². The molecule has 3 nitrogen and oxygen atoms in total. The molecule has 0 heterocycles. The lowest BCUT2D eigenvalue weighted by Gasteiger charge is -2.07. The second-order valence-electron chi connectivity index (χ2n) is 3.88. The lowest BCUT2D eigenvalue weighted by molar-refractivity contribution is -0.113. The summed E-state index contributed by atoms with van der Waals surface area (Å²) in [6, 6.07) is 5.96. The number of nitrogens with two attached hydrogens (primary N) is 1. The number of thiocarbonyl (C=S) groups is 1. The fraction of sp³-hybridized carbons (Fsp3) is 0.333. The number of aryl methyl sites for hydroxylation is 2. The molecule has 0 aliphatic carbocycles. The fourth-order valence-corrected chi connectivity index (χ4v) is 2.30. The molecule has 0 bridgehead atoms. The summed E-state index contributed by atoms with van der Waals surface area (Å²) in [6.45, 7) is 4.01. The van der Waals surface area contributed by atoms with E-state index in [0.29, 0.717) is 16.5 Å². The van der Waals surface area contributed by atoms with Gasteiger partial charge in [0.15, 0.2) is 0 Å². The predicted molar refractivity (Wildman–Crippen MR) is 78.7 cm³/mol. The molecular weight excluding hydrogens is 252 g/mol. The minimum atomic E-state index is -0.0312. The van der Waals surface area contributed by atoms with Crippen molar-refractivity contribution in [3.8, 4) is 0 Å². The molecule has 1 aromatic rings. The Bertz CT molecular complexity index is 412. The summed E-state index contributed by atoms with van der Waals surface area (Å²) in [5.41, 5.74) is 8.46. The predicted octanol–water partition coefficient (Wildman–Crippen LogP) is 2.26. The number of thioether (sulfide) groups is 1. The summed E-state index contributed by atoms with van der Waals surface area (Å²) in [4.78, 5) is 12.0. The second-order valence-corrected chi connectivity index (χ2v) is 5.39. The monoisotopic (exact) mass is 268 g/mol.